The van der Waals surface area contributed by atoms with E-state index in [0.717, 1.165) is 31.7 Å². The van der Waals surface area contributed by atoms with Crippen LogP contribution >= 0.6 is 11.3 Å². The van der Waals surface area contributed by atoms with Crippen molar-refractivity contribution in [3.05, 3.63) is 52.1 Å². The van der Waals surface area contributed by atoms with Crippen molar-refractivity contribution in [2.75, 3.05) is 18.4 Å². The molecule has 0 saturated carbocycles. The second-order valence-electron chi connectivity index (χ2n) is 6.48. The number of nitrogens with zero attached hydrogens (tertiary/aromatic N) is 4. The molecule has 0 atom stereocenters. The molecule has 0 radical (unpaired) electrons. The number of ether oxygens (including phenoxy) is 1. The van der Waals surface area contributed by atoms with E-state index < -0.39 is 0 Å². The van der Waals surface area contributed by atoms with Crippen molar-refractivity contribution in [3.63, 3.8) is 0 Å². The lowest BCUT2D eigenvalue weighted by Crippen LogP contribution is -2.29. The van der Waals surface area contributed by atoms with Crippen LogP contribution in [-0.4, -0.2) is 39.0 Å². The van der Waals surface area contributed by atoms with Crippen molar-refractivity contribution in [2.24, 2.45) is 0 Å². The number of hydrogen-bond donors (Lipinski definition) is 1. The van der Waals surface area contributed by atoms with E-state index in [9.17, 15) is 4.79 Å². The van der Waals surface area contributed by atoms with Gasteiger partial charge in [0, 0.05) is 31.3 Å². The van der Waals surface area contributed by atoms with E-state index in [2.05, 4.69) is 32.3 Å². The first-order valence-corrected chi connectivity index (χ1v) is 9.97. The molecule has 0 spiro atoms. The van der Waals surface area contributed by atoms with Gasteiger partial charge >= 0.3 is 0 Å². The molecular formula is C19H21N5O3S. The summed E-state index contributed by atoms with van der Waals surface area (Å²) in [6.45, 7) is 6.91. The number of hydrogen-bond acceptors (Lipinski definition) is 8. The smallest absolute Gasteiger partial charge is 0.261 e. The third-order valence-corrected chi connectivity index (χ3v) is 5.53. The Hall–Kier alpha value is -2.78. The largest absolute Gasteiger partial charge is 0.485 e. The normalized spacial score (nSPS) is 13.9. The van der Waals surface area contributed by atoms with Gasteiger partial charge in [0.2, 0.25) is 11.7 Å². The number of para-hydroxylation sites is 1. The first kappa shape index (κ1) is 18.6. The number of thiazole rings is 1. The quantitative estimate of drug-likeness (QED) is 0.681. The van der Waals surface area contributed by atoms with Gasteiger partial charge in [0.05, 0.1) is 11.3 Å². The molecule has 1 aliphatic rings. The summed E-state index contributed by atoms with van der Waals surface area (Å²) in [6, 6.07) is 7.08. The van der Waals surface area contributed by atoms with Gasteiger partial charge in [-0.2, -0.15) is 4.98 Å². The van der Waals surface area contributed by atoms with Crippen LogP contribution in [0, 0.1) is 6.92 Å². The fraction of sp³-hybridized carbons (Fsp3) is 0.368. The molecule has 28 heavy (non-hydrogen) atoms. The molecule has 4 rings (SSSR count). The zero-order valence-electron chi connectivity index (χ0n) is 15.8. The highest BCUT2D eigenvalue weighted by Gasteiger charge is 2.21. The average Bonchev–Trinajstić information content (AvgIpc) is 3.31. The van der Waals surface area contributed by atoms with Crippen LogP contribution in [-0.2, 0) is 19.6 Å². The van der Waals surface area contributed by atoms with E-state index >= 15 is 0 Å². The number of benzene rings is 1. The Morgan fingerprint density at radius 1 is 1.36 bits per heavy atom. The summed E-state index contributed by atoms with van der Waals surface area (Å²) in [4.78, 5) is 25.1. The molecule has 0 fully saturated rings. The first-order valence-electron chi connectivity index (χ1n) is 9.15. The monoisotopic (exact) mass is 399 g/mol. The number of anilines is 1. The molecular weight excluding hydrogens is 378 g/mol. The highest BCUT2D eigenvalue weighted by Crippen LogP contribution is 2.29. The number of fused-ring (bicyclic) bond motifs is 1. The van der Waals surface area contributed by atoms with Crippen LogP contribution in [0.3, 0.4) is 0 Å². The van der Waals surface area contributed by atoms with Gasteiger partial charge in [-0.15, -0.1) is 11.3 Å². The van der Waals surface area contributed by atoms with Crippen molar-refractivity contribution in [3.8, 4) is 5.75 Å². The fourth-order valence-corrected chi connectivity index (χ4v) is 4.10. The Kier molecular flexibility index (Phi) is 5.36. The summed E-state index contributed by atoms with van der Waals surface area (Å²) in [5.74, 6) is 1.11. The maximum absolute atomic E-state index is 12.8. The molecule has 0 aliphatic carbocycles. The highest BCUT2D eigenvalue weighted by molar-refractivity contribution is 7.15. The summed E-state index contributed by atoms with van der Waals surface area (Å²) in [7, 11) is 0. The zero-order chi connectivity index (χ0) is 19.5. The number of nitrogens with one attached hydrogen (secondary N) is 1. The fourth-order valence-electron chi connectivity index (χ4n) is 3.06. The summed E-state index contributed by atoms with van der Waals surface area (Å²) < 4.78 is 10.7. The number of amides is 1. The van der Waals surface area contributed by atoms with E-state index in [4.69, 9.17) is 9.26 Å². The standard InChI is InChI=1S/C19H21N5O3S/c1-3-24-9-8-14-16(10-24)28-19(21-14)22-18(25)13-6-4-5-7-15(13)26-11-17-20-12(2)27-23-17/h4-7H,3,8-11H2,1-2H3,(H,21,22,25). The van der Waals surface area contributed by atoms with Crippen LogP contribution < -0.4 is 10.1 Å². The molecule has 3 heterocycles. The van der Waals surface area contributed by atoms with Gasteiger partial charge in [0.25, 0.3) is 5.91 Å². The number of aryl methyl sites for hydroxylation is 1. The van der Waals surface area contributed by atoms with Gasteiger partial charge in [-0.3, -0.25) is 15.0 Å². The second kappa shape index (κ2) is 8.07. The minimum Gasteiger partial charge on any atom is -0.485 e. The van der Waals surface area contributed by atoms with E-state index in [1.54, 1.807) is 25.1 Å². The number of likely N-dealkylation sites (N-methyl/N-ethyl adjacent to an activating group) is 1. The molecule has 1 N–H and O–H groups in total. The van der Waals surface area contributed by atoms with E-state index in [0.29, 0.717) is 28.2 Å². The molecule has 0 bridgehead atoms. The van der Waals surface area contributed by atoms with Crippen molar-refractivity contribution in [1.29, 1.82) is 0 Å². The van der Waals surface area contributed by atoms with Crippen LogP contribution in [0.1, 0.15) is 39.6 Å². The van der Waals surface area contributed by atoms with Crippen molar-refractivity contribution in [2.45, 2.75) is 33.4 Å². The number of aromatic nitrogens is 3. The Bertz CT molecular complexity index is 984. The van der Waals surface area contributed by atoms with Crippen molar-refractivity contribution in [1.82, 2.24) is 20.0 Å². The SMILES string of the molecule is CCN1CCc2nc(NC(=O)c3ccccc3OCc3noc(C)n3)sc2C1. The lowest BCUT2D eigenvalue weighted by atomic mass is 10.2. The Balaban J connectivity index is 1.46. The van der Waals surface area contributed by atoms with Gasteiger partial charge < -0.3 is 9.26 Å². The molecule has 0 saturated heterocycles. The van der Waals surface area contributed by atoms with Gasteiger partial charge in [0.15, 0.2) is 11.7 Å². The molecule has 2 aromatic heterocycles. The Morgan fingerprint density at radius 2 is 2.21 bits per heavy atom. The minimum atomic E-state index is -0.252. The van der Waals surface area contributed by atoms with Gasteiger partial charge in [-0.1, -0.05) is 24.2 Å². The topological polar surface area (TPSA) is 93.4 Å². The number of carbonyl (C=O) groups is 1. The van der Waals surface area contributed by atoms with E-state index in [1.165, 1.54) is 16.2 Å². The predicted molar refractivity (Wildman–Crippen MR) is 105 cm³/mol. The second-order valence-corrected chi connectivity index (χ2v) is 7.56. The summed E-state index contributed by atoms with van der Waals surface area (Å²) in [5.41, 5.74) is 1.52. The number of carbonyl (C=O) groups excluding carboxylic acids is 1. The van der Waals surface area contributed by atoms with Crippen LogP contribution in [0.4, 0.5) is 5.13 Å². The lowest BCUT2D eigenvalue weighted by molar-refractivity contribution is 0.102. The maximum Gasteiger partial charge on any atom is 0.261 e. The summed E-state index contributed by atoms with van der Waals surface area (Å²) in [5, 5.41) is 7.33. The lowest BCUT2D eigenvalue weighted by Gasteiger charge is -2.23. The van der Waals surface area contributed by atoms with Crippen LogP contribution in [0.2, 0.25) is 0 Å². The first-order chi connectivity index (χ1) is 13.6. The van der Waals surface area contributed by atoms with E-state index in [1.807, 2.05) is 6.07 Å². The molecule has 8 nitrogen and oxygen atoms in total. The van der Waals surface area contributed by atoms with Crippen molar-refractivity contribution >= 4 is 22.4 Å². The molecule has 146 valence electrons. The number of rotatable bonds is 6. The molecule has 1 amide bonds. The Morgan fingerprint density at radius 3 is 3.00 bits per heavy atom. The molecule has 0 unspecified atom stereocenters. The van der Waals surface area contributed by atoms with Gasteiger partial charge in [-0.25, -0.2) is 4.98 Å². The average molecular weight is 399 g/mol. The minimum absolute atomic E-state index is 0.125. The predicted octanol–water partition coefficient (Wildman–Crippen LogP) is 3.04. The van der Waals surface area contributed by atoms with Crippen LogP contribution in [0.5, 0.6) is 5.75 Å². The third kappa shape index (κ3) is 4.05. The van der Waals surface area contributed by atoms with Gasteiger partial charge in [-0.05, 0) is 18.7 Å². The molecule has 3 aromatic rings. The maximum atomic E-state index is 12.8. The zero-order valence-corrected chi connectivity index (χ0v) is 16.6. The molecule has 1 aliphatic heterocycles. The van der Waals surface area contributed by atoms with E-state index in [-0.39, 0.29) is 12.5 Å². The molecule has 1 aromatic carbocycles. The van der Waals surface area contributed by atoms with Gasteiger partial charge in [0.1, 0.15) is 5.75 Å². The van der Waals surface area contributed by atoms with Crippen LogP contribution in [0.25, 0.3) is 0 Å². The van der Waals surface area contributed by atoms with Crippen LogP contribution in [0.15, 0.2) is 28.8 Å². The third-order valence-electron chi connectivity index (χ3n) is 4.54. The van der Waals surface area contributed by atoms with Crippen molar-refractivity contribution < 1.29 is 14.1 Å². The molecule has 9 heteroatoms. The summed E-state index contributed by atoms with van der Waals surface area (Å²) >= 11 is 1.54. The highest BCUT2D eigenvalue weighted by atomic mass is 32.1. The summed E-state index contributed by atoms with van der Waals surface area (Å²) in [6.07, 6.45) is 0.916. The Labute approximate surface area is 166 Å².